The zero-order valence-corrected chi connectivity index (χ0v) is 13.6. The first kappa shape index (κ1) is 18.0. The second-order valence-corrected chi connectivity index (χ2v) is 6.07. The molecule has 2 N–H and O–H groups in total. The largest absolute Gasteiger partial charge is 0.444 e. The molecule has 0 aliphatic rings. The fraction of sp³-hybridized carbons (Fsp3) is 0.529. The van der Waals surface area contributed by atoms with Crippen LogP contribution in [-0.2, 0) is 4.74 Å². The molecule has 1 aromatic carbocycles. The molecule has 0 bridgehead atoms. The highest BCUT2D eigenvalue weighted by molar-refractivity contribution is 5.67. The topological polar surface area (TPSA) is 74.2 Å². The molecule has 1 aromatic rings. The Morgan fingerprint density at radius 3 is 2.59 bits per heavy atom. The van der Waals surface area contributed by atoms with E-state index < -0.39 is 11.7 Å². The van der Waals surface area contributed by atoms with Gasteiger partial charge in [-0.2, -0.15) is 5.26 Å². The first-order valence-corrected chi connectivity index (χ1v) is 7.54. The lowest BCUT2D eigenvalue weighted by Crippen LogP contribution is -2.33. The molecule has 0 radical (unpaired) electrons. The van der Waals surface area contributed by atoms with Crippen molar-refractivity contribution in [2.45, 2.75) is 45.3 Å². The van der Waals surface area contributed by atoms with Gasteiger partial charge in [0.05, 0.1) is 12.6 Å². The highest BCUT2D eigenvalue weighted by Gasteiger charge is 2.16. The predicted molar refractivity (Wildman–Crippen MR) is 86.3 cm³/mol. The third-order valence-corrected chi connectivity index (χ3v) is 2.97. The van der Waals surface area contributed by atoms with Gasteiger partial charge in [0.2, 0.25) is 0 Å². The monoisotopic (exact) mass is 303 g/mol. The third-order valence-electron chi connectivity index (χ3n) is 2.97. The van der Waals surface area contributed by atoms with Crippen LogP contribution in [0, 0.1) is 11.3 Å². The summed E-state index contributed by atoms with van der Waals surface area (Å²) in [5, 5.41) is 14.7. The van der Waals surface area contributed by atoms with Crippen LogP contribution in [0.5, 0.6) is 0 Å². The molecule has 5 heteroatoms. The molecule has 1 amide bonds. The van der Waals surface area contributed by atoms with Crippen LogP contribution in [-0.4, -0.2) is 24.8 Å². The number of nitrogens with zero attached hydrogens (tertiary/aromatic N) is 1. The van der Waals surface area contributed by atoms with E-state index in [9.17, 15) is 4.79 Å². The van der Waals surface area contributed by atoms with Crippen LogP contribution in [0.2, 0.25) is 0 Å². The summed E-state index contributed by atoms with van der Waals surface area (Å²) < 4.78 is 5.19. The Labute approximate surface area is 132 Å². The van der Waals surface area contributed by atoms with Gasteiger partial charge in [0.25, 0.3) is 0 Å². The molecule has 120 valence electrons. The van der Waals surface area contributed by atoms with Crippen molar-refractivity contribution in [1.82, 2.24) is 10.6 Å². The van der Waals surface area contributed by atoms with E-state index in [-0.39, 0.29) is 6.04 Å². The highest BCUT2D eigenvalue weighted by atomic mass is 16.6. The third kappa shape index (κ3) is 7.65. The number of carbonyl (C=O) groups is 1. The van der Waals surface area contributed by atoms with Gasteiger partial charge in [-0.1, -0.05) is 30.3 Å². The predicted octanol–water partition coefficient (Wildman–Crippen LogP) is 3.15. The van der Waals surface area contributed by atoms with Crippen molar-refractivity contribution in [1.29, 1.82) is 5.26 Å². The first-order valence-electron chi connectivity index (χ1n) is 7.54. The van der Waals surface area contributed by atoms with E-state index in [1.807, 2.05) is 51.1 Å². The van der Waals surface area contributed by atoms with Crippen LogP contribution < -0.4 is 10.6 Å². The fourth-order valence-corrected chi connectivity index (χ4v) is 2.05. The Morgan fingerprint density at radius 2 is 2.00 bits per heavy atom. The first-order chi connectivity index (χ1) is 10.4. The summed E-state index contributed by atoms with van der Waals surface area (Å²) in [4.78, 5) is 11.6. The number of nitrogens with one attached hydrogen (secondary N) is 2. The lowest BCUT2D eigenvalue weighted by molar-refractivity contribution is 0.0526. The molecular weight excluding hydrogens is 278 g/mol. The van der Waals surface area contributed by atoms with Gasteiger partial charge in [0.15, 0.2) is 0 Å². The van der Waals surface area contributed by atoms with Crippen LogP contribution in [0.15, 0.2) is 30.3 Å². The molecule has 0 saturated carbocycles. The standard InChI is InChI=1S/C17H25N3O2/c1-17(2,3)22-16(21)20-12-7-10-15(19-13-11-18)14-8-5-4-6-9-14/h4-6,8-9,15,19H,7,10,12-13H2,1-3H3,(H,20,21)/t15-/m0/s1. The normalized spacial score (nSPS) is 12.3. The molecule has 22 heavy (non-hydrogen) atoms. The summed E-state index contributed by atoms with van der Waals surface area (Å²) in [6.45, 7) is 6.36. The van der Waals surface area contributed by atoms with Gasteiger partial charge in [-0.15, -0.1) is 0 Å². The number of hydrogen-bond donors (Lipinski definition) is 2. The molecule has 5 nitrogen and oxygen atoms in total. The second-order valence-electron chi connectivity index (χ2n) is 6.07. The van der Waals surface area contributed by atoms with E-state index in [4.69, 9.17) is 10.00 Å². The number of rotatable bonds is 7. The van der Waals surface area contributed by atoms with Gasteiger partial charge >= 0.3 is 6.09 Å². The number of alkyl carbamates (subject to hydrolysis) is 1. The average Bonchev–Trinajstić information content (AvgIpc) is 2.45. The number of carbonyl (C=O) groups excluding carboxylic acids is 1. The number of ether oxygens (including phenoxy) is 1. The van der Waals surface area contributed by atoms with Crippen molar-refractivity contribution in [3.63, 3.8) is 0 Å². The zero-order valence-electron chi connectivity index (χ0n) is 13.6. The van der Waals surface area contributed by atoms with Crippen LogP contribution in [0.1, 0.15) is 45.2 Å². The second kappa shape index (κ2) is 9.06. The molecule has 0 saturated heterocycles. The average molecular weight is 303 g/mol. The Kier molecular flexibility index (Phi) is 7.41. The van der Waals surface area contributed by atoms with Gasteiger partial charge in [0, 0.05) is 12.6 Å². The van der Waals surface area contributed by atoms with Crippen molar-refractivity contribution >= 4 is 6.09 Å². The number of nitriles is 1. The molecule has 0 heterocycles. The van der Waals surface area contributed by atoms with Crippen molar-refractivity contribution in [3.05, 3.63) is 35.9 Å². The fourth-order valence-electron chi connectivity index (χ4n) is 2.05. The van der Waals surface area contributed by atoms with Crippen molar-refractivity contribution in [3.8, 4) is 6.07 Å². The Balaban J connectivity index is 2.38. The van der Waals surface area contributed by atoms with Crippen molar-refractivity contribution in [2.75, 3.05) is 13.1 Å². The molecule has 0 aromatic heterocycles. The minimum absolute atomic E-state index is 0.112. The lowest BCUT2D eigenvalue weighted by atomic mass is 10.0. The molecule has 0 unspecified atom stereocenters. The Bertz CT molecular complexity index is 489. The van der Waals surface area contributed by atoms with Crippen LogP contribution in [0.25, 0.3) is 0 Å². The summed E-state index contributed by atoms with van der Waals surface area (Å²) in [7, 11) is 0. The maximum Gasteiger partial charge on any atom is 0.407 e. The number of hydrogen-bond acceptors (Lipinski definition) is 4. The van der Waals surface area contributed by atoms with E-state index in [1.54, 1.807) is 0 Å². The van der Waals surface area contributed by atoms with Gasteiger partial charge < -0.3 is 10.1 Å². The molecule has 0 fully saturated rings. The summed E-state index contributed by atoms with van der Waals surface area (Å²) in [6.07, 6.45) is 1.24. The van der Waals surface area contributed by atoms with Crippen LogP contribution >= 0.6 is 0 Å². The molecular formula is C17H25N3O2. The molecule has 0 aliphatic heterocycles. The summed E-state index contributed by atoms with van der Waals surface area (Å²) in [5.74, 6) is 0. The Hall–Kier alpha value is -2.06. The summed E-state index contributed by atoms with van der Waals surface area (Å²) in [6, 6.07) is 12.2. The smallest absolute Gasteiger partial charge is 0.407 e. The zero-order chi connectivity index (χ0) is 16.4. The van der Waals surface area contributed by atoms with Gasteiger partial charge in [0.1, 0.15) is 5.60 Å². The van der Waals surface area contributed by atoms with Gasteiger partial charge in [-0.05, 0) is 39.2 Å². The van der Waals surface area contributed by atoms with E-state index in [0.29, 0.717) is 13.1 Å². The number of amides is 1. The van der Waals surface area contributed by atoms with Crippen LogP contribution in [0.3, 0.4) is 0 Å². The van der Waals surface area contributed by atoms with E-state index in [2.05, 4.69) is 16.7 Å². The van der Waals surface area contributed by atoms with Crippen LogP contribution in [0.4, 0.5) is 4.79 Å². The maximum atomic E-state index is 11.6. The SMILES string of the molecule is CC(C)(C)OC(=O)NCCC[C@H](NCC#N)c1ccccc1. The maximum absolute atomic E-state index is 11.6. The molecule has 0 aliphatic carbocycles. The minimum atomic E-state index is -0.481. The van der Waals surface area contributed by atoms with E-state index in [0.717, 1.165) is 18.4 Å². The summed E-state index contributed by atoms with van der Waals surface area (Å²) in [5.41, 5.74) is 0.667. The van der Waals surface area contributed by atoms with Crippen molar-refractivity contribution in [2.24, 2.45) is 0 Å². The molecule has 1 rings (SSSR count). The van der Waals surface area contributed by atoms with E-state index in [1.165, 1.54) is 0 Å². The van der Waals surface area contributed by atoms with Crippen molar-refractivity contribution < 1.29 is 9.53 Å². The Morgan fingerprint density at radius 1 is 1.32 bits per heavy atom. The van der Waals surface area contributed by atoms with Gasteiger partial charge in [-0.25, -0.2) is 4.79 Å². The summed E-state index contributed by atoms with van der Waals surface area (Å²) >= 11 is 0. The quantitative estimate of drug-likeness (QED) is 0.599. The molecule has 1 atom stereocenters. The lowest BCUT2D eigenvalue weighted by Gasteiger charge is -2.20. The van der Waals surface area contributed by atoms with E-state index >= 15 is 0 Å². The van der Waals surface area contributed by atoms with Gasteiger partial charge in [-0.3, -0.25) is 5.32 Å². The number of benzene rings is 1. The highest BCUT2D eigenvalue weighted by Crippen LogP contribution is 2.17. The minimum Gasteiger partial charge on any atom is -0.444 e. The molecule has 0 spiro atoms.